The maximum atomic E-state index is 12.2. The Balaban J connectivity index is 1.19. The molecule has 2 aromatic heterocycles. The zero-order valence-corrected chi connectivity index (χ0v) is 21.8. The van der Waals surface area contributed by atoms with E-state index in [0.29, 0.717) is 17.4 Å². The Bertz CT molecular complexity index is 1340. The third kappa shape index (κ3) is 3.57. The minimum atomic E-state index is -0.159. The van der Waals surface area contributed by atoms with Crippen molar-refractivity contribution >= 4 is 35.0 Å². The van der Waals surface area contributed by atoms with E-state index >= 15 is 0 Å². The number of piperidine rings is 1. The van der Waals surface area contributed by atoms with Gasteiger partial charge in [-0.25, -0.2) is 9.97 Å². The van der Waals surface area contributed by atoms with Gasteiger partial charge >= 0.3 is 0 Å². The van der Waals surface area contributed by atoms with Crippen molar-refractivity contribution in [2.45, 2.75) is 61.5 Å². The summed E-state index contributed by atoms with van der Waals surface area (Å²) in [5, 5.41) is 5.12. The van der Waals surface area contributed by atoms with Gasteiger partial charge in [0, 0.05) is 60.7 Å². The van der Waals surface area contributed by atoms with Crippen LogP contribution in [-0.2, 0) is 16.8 Å². The standard InChI is InChI=1S/C26H32N8OS/c1-16(35)33-14-25(2,3)21-17(33)5-4-6-19(21)36-24-23(28)31-20(13-29-24)32-11-8-26(9-12-32)15-34-18(22(26)27)7-10-30-34/h4-7,10,13,22H,8-9,11-12,14-15,27H2,1-3H3,(H2,28,31)/t22-/m1/s1. The molecule has 188 valence electrons. The van der Waals surface area contributed by atoms with Gasteiger partial charge in [-0.3, -0.25) is 9.48 Å². The van der Waals surface area contributed by atoms with E-state index in [2.05, 4.69) is 34.6 Å². The van der Waals surface area contributed by atoms with Gasteiger partial charge in [0.15, 0.2) is 5.82 Å². The van der Waals surface area contributed by atoms with Crippen LogP contribution in [0.4, 0.5) is 17.3 Å². The summed E-state index contributed by atoms with van der Waals surface area (Å²) in [6, 6.07) is 8.13. The SMILES string of the molecule is CC(=O)N1CC(C)(C)c2c(Sc3ncc(N4CCC5(CC4)Cn4nccc4[C@H]5N)nc3N)cccc21. The molecule has 1 amide bonds. The van der Waals surface area contributed by atoms with Gasteiger partial charge in [0.05, 0.1) is 17.9 Å². The molecule has 1 fully saturated rings. The number of nitrogen functional groups attached to an aromatic ring is 1. The van der Waals surface area contributed by atoms with Gasteiger partial charge in [-0.1, -0.05) is 31.7 Å². The fraction of sp³-hybridized carbons (Fsp3) is 0.462. The van der Waals surface area contributed by atoms with Crippen LogP contribution in [0.15, 0.2) is 46.6 Å². The molecule has 3 aromatic rings. The highest BCUT2D eigenvalue weighted by Gasteiger charge is 2.47. The highest BCUT2D eigenvalue weighted by atomic mass is 32.2. The number of carbonyl (C=O) groups excluding carboxylic acids is 1. The first-order valence-corrected chi connectivity index (χ1v) is 13.2. The Kier molecular flexibility index (Phi) is 5.31. The Morgan fingerprint density at radius 3 is 2.64 bits per heavy atom. The molecular formula is C26H32N8OS. The molecule has 5 heterocycles. The van der Waals surface area contributed by atoms with Crippen molar-refractivity contribution in [3.05, 3.63) is 47.9 Å². The molecule has 1 atom stereocenters. The molecule has 0 aliphatic carbocycles. The van der Waals surface area contributed by atoms with Crippen LogP contribution in [0.2, 0.25) is 0 Å². The minimum Gasteiger partial charge on any atom is -0.381 e. The molecule has 1 saturated heterocycles. The fourth-order valence-corrected chi connectivity index (χ4v) is 7.26. The quantitative estimate of drug-likeness (QED) is 0.557. The maximum absolute atomic E-state index is 12.2. The van der Waals surface area contributed by atoms with Gasteiger partial charge in [0.25, 0.3) is 0 Å². The number of hydrogen-bond donors (Lipinski definition) is 2. The van der Waals surface area contributed by atoms with Crippen LogP contribution in [0.25, 0.3) is 0 Å². The first-order valence-electron chi connectivity index (χ1n) is 12.4. The van der Waals surface area contributed by atoms with Crippen molar-refractivity contribution in [2.75, 3.05) is 35.2 Å². The molecule has 9 nitrogen and oxygen atoms in total. The van der Waals surface area contributed by atoms with Gasteiger partial charge in [0.2, 0.25) is 5.91 Å². The summed E-state index contributed by atoms with van der Waals surface area (Å²) in [6.07, 6.45) is 5.62. The Morgan fingerprint density at radius 1 is 1.17 bits per heavy atom. The zero-order valence-electron chi connectivity index (χ0n) is 20.9. The lowest BCUT2D eigenvalue weighted by Gasteiger charge is -2.41. The summed E-state index contributed by atoms with van der Waals surface area (Å²) in [5.41, 5.74) is 16.2. The van der Waals surface area contributed by atoms with Crippen molar-refractivity contribution in [1.82, 2.24) is 19.7 Å². The van der Waals surface area contributed by atoms with Crippen LogP contribution in [-0.4, -0.2) is 45.3 Å². The van der Waals surface area contributed by atoms with Crippen LogP contribution in [0.5, 0.6) is 0 Å². The fourth-order valence-electron chi connectivity index (χ4n) is 6.17. The zero-order chi connectivity index (χ0) is 25.2. The number of anilines is 3. The van der Waals surface area contributed by atoms with Crippen LogP contribution < -0.4 is 21.3 Å². The summed E-state index contributed by atoms with van der Waals surface area (Å²) in [7, 11) is 0. The average molecular weight is 505 g/mol. The van der Waals surface area contributed by atoms with E-state index in [4.69, 9.17) is 21.4 Å². The summed E-state index contributed by atoms with van der Waals surface area (Å²) in [4.78, 5) is 26.8. The van der Waals surface area contributed by atoms with Crippen LogP contribution in [0.1, 0.15) is 50.9 Å². The Morgan fingerprint density at radius 2 is 1.94 bits per heavy atom. The predicted molar refractivity (Wildman–Crippen MR) is 141 cm³/mol. The second kappa shape index (κ2) is 8.21. The van der Waals surface area contributed by atoms with Crippen molar-refractivity contribution < 1.29 is 4.79 Å². The number of carbonyl (C=O) groups is 1. The predicted octanol–water partition coefficient (Wildman–Crippen LogP) is 3.35. The van der Waals surface area contributed by atoms with E-state index in [-0.39, 0.29) is 22.8 Å². The molecule has 3 aliphatic heterocycles. The second-order valence-corrected chi connectivity index (χ2v) is 11.9. The van der Waals surface area contributed by atoms with E-state index in [1.165, 1.54) is 11.8 Å². The molecule has 1 aromatic carbocycles. The molecular weight excluding hydrogens is 472 g/mol. The molecule has 36 heavy (non-hydrogen) atoms. The van der Waals surface area contributed by atoms with Crippen LogP contribution in [0, 0.1) is 5.41 Å². The van der Waals surface area contributed by atoms with Crippen molar-refractivity contribution in [3.63, 3.8) is 0 Å². The summed E-state index contributed by atoms with van der Waals surface area (Å²) < 4.78 is 2.06. The lowest BCUT2D eigenvalue weighted by Crippen LogP contribution is -2.45. The number of aromatic nitrogens is 4. The molecule has 0 bridgehead atoms. The first-order chi connectivity index (χ1) is 17.2. The van der Waals surface area contributed by atoms with Crippen molar-refractivity contribution in [2.24, 2.45) is 11.1 Å². The third-order valence-electron chi connectivity index (χ3n) is 8.14. The summed E-state index contributed by atoms with van der Waals surface area (Å²) in [5.74, 6) is 1.28. The molecule has 10 heteroatoms. The number of amides is 1. The third-order valence-corrected chi connectivity index (χ3v) is 9.21. The number of rotatable bonds is 3. The topological polar surface area (TPSA) is 119 Å². The monoisotopic (exact) mass is 504 g/mol. The van der Waals surface area contributed by atoms with Crippen molar-refractivity contribution in [3.8, 4) is 0 Å². The smallest absolute Gasteiger partial charge is 0.223 e. The second-order valence-electron chi connectivity index (χ2n) is 10.9. The number of nitrogens with zero attached hydrogens (tertiary/aromatic N) is 6. The largest absolute Gasteiger partial charge is 0.381 e. The minimum absolute atomic E-state index is 0.0212. The maximum Gasteiger partial charge on any atom is 0.223 e. The van der Waals surface area contributed by atoms with Gasteiger partial charge in [-0.15, -0.1) is 0 Å². The molecule has 0 saturated carbocycles. The van der Waals surface area contributed by atoms with Gasteiger partial charge in [-0.2, -0.15) is 5.10 Å². The number of nitrogens with two attached hydrogens (primary N) is 2. The van der Waals surface area contributed by atoms with Crippen molar-refractivity contribution in [1.29, 1.82) is 0 Å². The first kappa shape index (κ1) is 23.3. The van der Waals surface area contributed by atoms with Gasteiger partial charge < -0.3 is 21.3 Å². The lowest BCUT2D eigenvalue weighted by atomic mass is 9.73. The highest BCUT2D eigenvalue weighted by Crippen LogP contribution is 2.49. The van der Waals surface area contributed by atoms with E-state index in [1.54, 1.807) is 6.92 Å². The number of hydrogen-bond acceptors (Lipinski definition) is 8. The van der Waals surface area contributed by atoms with E-state index in [0.717, 1.165) is 60.1 Å². The van der Waals surface area contributed by atoms with Crippen LogP contribution >= 0.6 is 11.8 Å². The average Bonchev–Trinajstić information content (AvgIpc) is 3.49. The van der Waals surface area contributed by atoms with E-state index in [1.807, 2.05) is 35.5 Å². The summed E-state index contributed by atoms with van der Waals surface area (Å²) in [6.45, 7) is 9.22. The molecule has 0 radical (unpaired) electrons. The van der Waals surface area contributed by atoms with Gasteiger partial charge in [-0.05, 0) is 36.6 Å². The molecule has 4 N–H and O–H groups in total. The Labute approximate surface area is 215 Å². The molecule has 0 unspecified atom stereocenters. The molecule has 1 spiro atoms. The highest BCUT2D eigenvalue weighted by molar-refractivity contribution is 7.99. The molecule has 3 aliphatic rings. The lowest BCUT2D eigenvalue weighted by molar-refractivity contribution is -0.116. The number of fused-ring (bicyclic) bond motifs is 2. The normalized spacial score (nSPS) is 21.6. The van der Waals surface area contributed by atoms with E-state index < -0.39 is 0 Å². The summed E-state index contributed by atoms with van der Waals surface area (Å²) >= 11 is 1.52. The van der Waals surface area contributed by atoms with Gasteiger partial charge in [0.1, 0.15) is 10.8 Å². The number of benzene rings is 1. The van der Waals surface area contributed by atoms with Crippen LogP contribution in [0.3, 0.4) is 0 Å². The Hall–Kier alpha value is -3.11. The van der Waals surface area contributed by atoms with E-state index in [9.17, 15) is 4.79 Å². The molecule has 6 rings (SSSR count).